The zero-order chi connectivity index (χ0) is 8.78. The second kappa shape index (κ2) is 5.75. The van der Waals surface area contributed by atoms with Crippen LogP contribution in [0.3, 0.4) is 0 Å². The van der Waals surface area contributed by atoms with E-state index in [1.165, 1.54) is 0 Å². The highest BCUT2D eigenvalue weighted by molar-refractivity contribution is 7.73. The third kappa shape index (κ3) is 43.7. The molecule has 0 rings (SSSR count). The molecule has 0 aromatic heterocycles. The van der Waals surface area contributed by atoms with Crippen molar-refractivity contribution < 1.29 is 23.5 Å². The molecule has 6 heteroatoms. The molecule has 0 aliphatic heterocycles. The monoisotopic (exact) mass is 172 g/mol. The van der Waals surface area contributed by atoms with Gasteiger partial charge in [0.25, 0.3) is 11.4 Å². The molecule has 0 saturated heterocycles. The highest BCUT2D eigenvalue weighted by Crippen LogP contribution is 2.01. The average molecular weight is 172 g/mol. The summed E-state index contributed by atoms with van der Waals surface area (Å²) < 4.78 is 22.8. The zero-order valence-electron chi connectivity index (χ0n) is 6.07. The third-order valence-corrected chi connectivity index (χ3v) is 0.274. The lowest BCUT2D eigenvalue weighted by atomic mass is 10.2. The molecule has 0 aromatic rings. The van der Waals surface area contributed by atoms with E-state index in [0.29, 0.717) is 0 Å². The minimum Gasteiger partial charge on any atom is -0.284 e. The first-order valence-corrected chi connectivity index (χ1v) is 3.48. The summed E-state index contributed by atoms with van der Waals surface area (Å²) in [5, 5.41) is 7.90. The van der Waals surface area contributed by atoms with Crippen LogP contribution in [0.1, 0.15) is 20.8 Å². The van der Waals surface area contributed by atoms with Crippen molar-refractivity contribution in [1.29, 1.82) is 0 Å². The summed E-state index contributed by atoms with van der Waals surface area (Å²) in [5.41, 5.74) is -0.403. The first-order valence-electron chi connectivity index (χ1n) is 2.42. The minimum atomic E-state index is -2.61. The van der Waals surface area contributed by atoms with Crippen LogP contribution in [0.15, 0.2) is 0 Å². The zero-order valence-corrected chi connectivity index (χ0v) is 6.88. The fourth-order valence-corrected chi connectivity index (χ4v) is 0. The van der Waals surface area contributed by atoms with Crippen molar-refractivity contribution in [2.24, 2.45) is 0 Å². The fourth-order valence-electron chi connectivity index (χ4n) is 0. The molecule has 0 spiro atoms. The minimum absolute atomic E-state index is 0.403. The van der Waals surface area contributed by atoms with Crippen molar-refractivity contribution in [3.8, 4) is 0 Å². The summed E-state index contributed by atoms with van der Waals surface area (Å²) >= 11 is -2.61. The summed E-state index contributed by atoms with van der Waals surface area (Å²) in [7, 11) is 0. The maximum Gasteiger partial charge on any atom is 0.299 e. The van der Waals surface area contributed by atoms with Gasteiger partial charge in [-0.3, -0.25) is 14.4 Å². The van der Waals surface area contributed by atoms with Crippen LogP contribution in [-0.2, 0) is 16.2 Å². The van der Waals surface area contributed by atoms with Gasteiger partial charge in [-0.05, 0) is 20.8 Å². The van der Waals surface area contributed by atoms with Gasteiger partial charge in [0.2, 0.25) is 0 Å². The van der Waals surface area contributed by atoms with E-state index in [1.54, 1.807) is 20.8 Å². The lowest BCUT2D eigenvalue weighted by Gasteiger charge is -2.10. The lowest BCUT2D eigenvalue weighted by Crippen LogP contribution is -2.15. The van der Waals surface area contributed by atoms with Crippen molar-refractivity contribution in [1.82, 2.24) is 0 Å². The van der Waals surface area contributed by atoms with E-state index in [2.05, 4.69) is 4.89 Å². The molecule has 0 aromatic carbocycles. The van der Waals surface area contributed by atoms with Crippen LogP contribution < -0.4 is 0 Å². The summed E-state index contributed by atoms with van der Waals surface area (Å²) in [6.07, 6.45) is 0. The van der Waals surface area contributed by atoms with Crippen LogP contribution in [0.4, 0.5) is 0 Å². The Kier molecular flexibility index (Phi) is 7.27. The first kappa shape index (κ1) is 12.6. The molecule has 0 fully saturated rings. The molecule has 0 amide bonds. The Morgan fingerprint density at radius 3 is 1.40 bits per heavy atom. The third-order valence-electron chi connectivity index (χ3n) is 0.274. The van der Waals surface area contributed by atoms with E-state index in [0.717, 1.165) is 0 Å². The predicted octanol–water partition coefficient (Wildman–Crippen LogP) is 0.956. The van der Waals surface area contributed by atoms with E-state index in [9.17, 15) is 0 Å². The Hall–Kier alpha value is -0.0100. The quantitative estimate of drug-likeness (QED) is 0.288. The average Bonchev–Trinajstić information content (AvgIpc) is 1.63. The normalized spacial score (nSPS) is 10.7. The van der Waals surface area contributed by atoms with Gasteiger partial charge >= 0.3 is 0 Å². The van der Waals surface area contributed by atoms with Gasteiger partial charge in [-0.2, -0.15) is 4.21 Å². The molecule has 0 saturated carbocycles. The smallest absolute Gasteiger partial charge is 0.284 e. The Labute approximate surface area is 62.1 Å². The van der Waals surface area contributed by atoms with Crippen molar-refractivity contribution in [3.63, 3.8) is 0 Å². The van der Waals surface area contributed by atoms with Crippen LogP contribution in [-0.4, -0.2) is 24.2 Å². The molecule has 10 heavy (non-hydrogen) atoms. The van der Waals surface area contributed by atoms with Gasteiger partial charge in [0.05, 0.1) is 5.60 Å². The molecular weight excluding hydrogens is 160 g/mol. The van der Waals surface area contributed by atoms with E-state index in [-0.39, 0.29) is 0 Å². The lowest BCUT2D eigenvalue weighted by molar-refractivity contribution is -0.306. The van der Waals surface area contributed by atoms with Crippen LogP contribution in [0.2, 0.25) is 0 Å². The highest BCUT2D eigenvalue weighted by atomic mass is 32.2. The Morgan fingerprint density at radius 1 is 1.30 bits per heavy atom. The van der Waals surface area contributed by atoms with E-state index < -0.39 is 17.0 Å². The molecule has 5 nitrogen and oxygen atoms in total. The van der Waals surface area contributed by atoms with Gasteiger partial charge in [0.15, 0.2) is 0 Å². The second-order valence-electron chi connectivity index (χ2n) is 2.43. The van der Waals surface area contributed by atoms with E-state index in [1.807, 2.05) is 0 Å². The molecule has 0 aliphatic carbocycles. The van der Waals surface area contributed by atoms with Gasteiger partial charge in [-0.15, -0.1) is 0 Å². The molecule has 0 heterocycles. The molecule has 0 aliphatic rings. The van der Waals surface area contributed by atoms with Crippen LogP contribution in [0, 0.1) is 0 Å². The van der Waals surface area contributed by atoms with Crippen molar-refractivity contribution in [3.05, 3.63) is 0 Å². The fraction of sp³-hybridized carbons (Fsp3) is 1.00. The Morgan fingerprint density at radius 2 is 1.40 bits per heavy atom. The molecule has 3 N–H and O–H groups in total. The van der Waals surface area contributed by atoms with Gasteiger partial charge in [0.1, 0.15) is 0 Å². The standard InChI is InChI=1S/C4H10O2.H2O3S/c1-4(2,3)6-5;1-4(2)3/h5H,1-3H3;(H2,1,2,3). The molecule has 0 radical (unpaired) electrons. The maximum absolute atomic E-state index is 8.67. The molecule has 0 unspecified atom stereocenters. The molecule has 0 bridgehead atoms. The number of hydrogen-bond donors (Lipinski definition) is 3. The van der Waals surface area contributed by atoms with E-state index in [4.69, 9.17) is 18.6 Å². The first-order chi connectivity index (χ1) is 4.29. The Balaban J connectivity index is 0. The molecular formula is C4H12O5S. The summed E-state index contributed by atoms with van der Waals surface area (Å²) in [6.45, 7) is 5.31. The summed E-state index contributed by atoms with van der Waals surface area (Å²) in [4.78, 5) is 3.94. The van der Waals surface area contributed by atoms with Gasteiger partial charge in [0, 0.05) is 0 Å². The number of hydrogen-bond acceptors (Lipinski definition) is 3. The van der Waals surface area contributed by atoms with Crippen LogP contribution in [0.5, 0.6) is 0 Å². The Bertz CT molecular complexity index is 92.3. The predicted molar refractivity (Wildman–Crippen MR) is 36.9 cm³/mol. The van der Waals surface area contributed by atoms with Gasteiger partial charge < -0.3 is 0 Å². The summed E-state index contributed by atoms with van der Waals surface area (Å²) in [6, 6.07) is 0. The van der Waals surface area contributed by atoms with Crippen LogP contribution in [0.25, 0.3) is 0 Å². The highest BCUT2D eigenvalue weighted by Gasteiger charge is 2.06. The maximum atomic E-state index is 8.67. The molecule has 64 valence electrons. The summed E-state index contributed by atoms with van der Waals surface area (Å²) in [5.74, 6) is 0. The number of rotatable bonds is 0. The van der Waals surface area contributed by atoms with Crippen LogP contribution >= 0.6 is 0 Å². The van der Waals surface area contributed by atoms with E-state index >= 15 is 0 Å². The topological polar surface area (TPSA) is 87.0 Å². The van der Waals surface area contributed by atoms with Crippen molar-refractivity contribution in [2.45, 2.75) is 26.4 Å². The van der Waals surface area contributed by atoms with Gasteiger partial charge in [-0.25, -0.2) is 4.89 Å². The molecule has 0 atom stereocenters. The van der Waals surface area contributed by atoms with Gasteiger partial charge in [-0.1, -0.05) is 0 Å². The SMILES string of the molecule is CC(C)(C)OO.O=S(O)O. The van der Waals surface area contributed by atoms with Crippen molar-refractivity contribution >= 4 is 11.4 Å². The van der Waals surface area contributed by atoms with Crippen molar-refractivity contribution in [2.75, 3.05) is 0 Å². The second-order valence-corrected chi connectivity index (χ2v) is 2.90. The largest absolute Gasteiger partial charge is 0.299 e.